The van der Waals surface area contributed by atoms with Crippen molar-refractivity contribution in [2.75, 3.05) is 31.1 Å². The van der Waals surface area contributed by atoms with Crippen molar-refractivity contribution in [2.45, 2.75) is 84.4 Å². The van der Waals surface area contributed by atoms with Crippen molar-refractivity contribution in [3.8, 4) is 22.5 Å². The summed E-state index contributed by atoms with van der Waals surface area (Å²) in [7, 11) is 0. The molecule has 3 heterocycles. The van der Waals surface area contributed by atoms with E-state index >= 15 is 0 Å². The quantitative estimate of drug-likeness (QED) is 0.135. The van der Waals surface area contributed by atoms with Crippen LogP contribution >= 0.6 is 0 Å². The zero-order valence-corrected chi connectivity index (χ0v) is 34.2. The molecule has 17 nitrogen and oxygen atoms in total. The number of nitrogens with one attached hydrogen (secondary N) is 3. The molecule has 314 valence electrons. The highest BCUT2D eigenvalue weighted by molar-refractivity contribution is 6.02. The third kappa shape index (κ3) is 11.9. The molecule has 2 fully saturated rings. The van der Waals surface area contributed by atoms with Crippen molar-refractivity contribution in [3.63, 3.8) is 0 Å². The molecule has 59 heavy (non-hydrogen) atoms. The Bertz CT molecular complexity index is 2050. The van der Waals surface area contributed by atoms with Crippen molar-refractivity contribution in [2.24, 2.45) is 17.6 Å². The number of carboxylic acid groups (broad SMARTS) is 1. The second-order valence-corrected chi connectivity index (χ2v) is 16.0. The molecule has 1 saturated heterocycles. The Kier molecular flexibility index (Phi) is 14.8. The van der Waals surface area contributed by atoms with Gasteiger partial charge in [0.05, 0.1) is 0 Å². The van der Waals surface area contributed by atoms with E-state index in [-0.39, 0.29) is 42.6 Å². The third-order valence-electron chi connectivity index (χ3n) is 10.5. The number of pyridine rings is 1. The van der Waals surface area contributed by atoms with Crippen molar-refractivity contribution < 1.29 is 33.8 Å². The lowest BCUT2D eigenvalue weighted by Crippen LogP contribution is -2.52. The van der Waals surface area contributed by atoms with Gasteiger partial charge >= 0.3 is 6.09 Å². The van der Waals surface area contributed by atoms with Gasteiger partial charge in [0.15, 0.2) is 5.82 Å². The number of nitrogens with two attached hydrogens (primary N) is 1. The van der Waals surface area contributed by atoms with E-state index in [1.165, 1.54) is 0 Å². The van der Waals surface area contributed by atoms with Gasteiger partial charge in [-0.1, -0.05) is 24.3 Å². The molecule has 2 aliphatic rings. The summed E-state index contributed by atoms with van der Waals surface area (Å²) in [5, 5.41) is 27.1. The summed E-state index contributed by atoms with van der Waals surface area (Å²) in [4.78, 5) is 69.5. The van der Waals surface area contributed by atoms with Crippen LogP contribution in [0.25, 0.3) is 22.5 Å². The number of carbonyl (C=O) groups excluding carboxylic acids is 4. The summed E-state index contributed by atoms with van der Waals surface area (Å²) < 4.78 is 5.38. The lowest BCUT2D eigenvalue weighted by atomic mass is 9.81. The Balaban J connectivity index is 0.00000214. The molecule has 0 radical (unpaired) electrons. The van der Waals surface area contributed by atoms with Crippen LogP contribution in [0.15, 0.2) is 60.8 Å². The van der Waals surface area contributed by atoms with Crippen molar-refractivity contribution in [1.82, 2.24) is 41.1 Å². The minimum Gasteiger partial charge on any atom is -0.483 e. The molecule has 2 atom stereocenters. The first-order valence-corrected chi connectivity index (χ1v) is 19.8. The summed E-state index contributed by atoms with van der Waals surface area (Å²) in [5.41, 5.74) is 10.7. The number of carbonyl (C=O) groups is 5. The molecule has 6 rings (SSSR count). The van der Waals surface area contributed by atoms with E-state index in [1.807, 2.05) is 62.9 Å². The van der Waals surface area contributed by atoms with Crippen molar-refractivity contribution in [3.05, 3.63) is 77.6 Å². The van der Waals surface area contributed by atoms with Crippen LogP contribution in [0.5, 0.6) is 0 Å². The van der Waals surface area contributed by atoms with Crippen LogP contribution in [0.2, 0.25) is 0 Å². The molecule has 2 aromatic carbocycles. The van der Waals surface area contributed by atoms with Crippen LogP contribution in [-0.4, -0.2) is 110 Å². The predicted molar refractivity (Wildman–Crippen MR) is 220 cm³/mol. The molecule has 0 bridgehead atoms. The fourth-order valence-corrected chi connectivity index (χ4v) is 7.49. The number of primary amides is 1. The average Bonchev–Trinajstić information content (AvgIpc) is 3.75. The summed E-state index contributed by atoms with van der Waals surface area (Å²) in [6.07, 6.45) is 4.14. The number of hydrogen-bond acceptors (Lipinski definition) is 11. The molecule has 1 aliphatic carbocycles. The minimum atomic E-state index is -0.973. The molecular formula is C42H54N10O7. The molecule has 0 spiro atoms. The van der Waals surface area contributed by atoms with E-state index in [0.717, 1.165) is 47.2 Å². The van der Waals surface area contributed by atoms with E-state index in [9.17, 15) is 19.2 Å². The third-order valence-corrected chi connectivity index (χ3v) is 10.5. The second kappa shape index (κ2) is 20.0. The zero-order valence-electron chi connectivity index (χ0n) is 34.2. The average molecular weight is 811 g/mol. The number of aromatic amines is 1. The second-order valence-electron chi connectivity index (χ2n) is 16.0. The van der Waals surface area contributed by atoms with Gasteiger partial charge in [0.2, 0.25) is 11.8 Å². The number of ether oxygens (including phenoxy) is 1. The van der Waals surface area contributed by atoms with Crippen molar-refractivity contribution >= 4 is 36.0 Å². The summed E-state index contributed by atoms with van der Waals surface area (Å²) in [6.45, 7) is 11.7. The normalized spacial score (nSPS) is 18.4. The SMILES string of the molecule is Cc1cc(C(=O)N2CCNC(C)C2)ncc1-c1ccc(C[C@@H](C(N)=O)N(c2ccc(-c3nnn[nH]3)cc2)C(=O)[C@H]2CC[C@H](CNC(=O)OC(C)(C)C)CC2)cc1.O=CO. The Morgan fingerprint density at radius 3 is 2.29 bits per heavy atom. The maximum atomic E-state index is 14.5. The number of hydrogen-bond donors (Lipinski definition) is 5. The maximum absolute atomic E-state index is 14.5. The van der Waals surface area contributed by atoms with Crippen LogP contribution in [0, 0.1) is 18.8 Å². The maximum Gasteiger partial charge on any atom is 0.407 e. The van der Waals surface area contributed by atoms with E-state index < -0.39 is 23.6 Å². The smallest absolute Gasteiger partial charge is 0.407 e. The first-order chi connectivity index (χ1) is 28.2. The van der Waals surface area contributed by atoms with Crippen LogP contribution in [0.1, 0.15) is 75.0 Å². The number of benzene rings is 2. The molecule has 1 aliphatic heterocycles. The van der Waals surface area contributed by atoms with Crippen LogP contribution in [0.3, 0.4) is 0 Å². The molecule has 4 amide bonds. The van der Waals surface area contributed by atoms with Gasteiger partial charge in [-0.15, -0.1) is 5.10 Å². The molecule has 17 heteroatoms. The Hall–Kier alpha value is -6.23. The van der Waals surface area contributed by atoms with Crippen LogP contribution < -0.4 is 21.3 Å². The van der Waals surface area contributed by atoms with Gasteiger partial charge in [-0.3, -0.25) is 29.1 Å². The number of rotatable bonds is 11. The van der Waals surface area contributed by atoms with Gasteiger partial charge in [0.1, 0.15) is 17.3 Å². The van der Waals surface area contributed by atoms with Gasteiger partial charge in [-0.2, -0.15) is 0 Å². The fraction of sp³-hybridized carbons (Fsp3) is 0.452. The molecule has 1 unspecified atom stereocenters. The Morgan fingerprint density at radius 1 is 1.05 bits per heavy atom. The number of aryl methyl sites for hydroxylation is 1. The number of piperazine rings is 1. The molecule has 4 aromatic rings. The highest BCUT2D eigenvalue weighted by atomic mass is 16.6. The van der Waals surface area contributed by atoms with Crippen molar-refractivity contribution in [1.29, 1.82) is 0 Å². The molecule has 2 aromatic heterocycles. The standard InChI is InChI=1S/C41H52N10O5.CH2O2/c1-25-20-34(39(54)50-19-18-43-26(2)24-50)44-23-33(25)29-10-6-27(7-11-29)21-35(36(42)52)51(32-16-14-30(15-17-32)37-46-48-49-47-37)38(53)31-12-8-28(9-13-31)22-45-40(55)56-41(3,4)5;2-1-3/h6-7,10-11,14-17,20,23,26,28,31,35,43H,8-9,12-13,18-19,21-22,24H2,1-5H3,(H2,42,52)(H,45,55)(H,46,47,48,49);1H,(H,2,3)/t26?,28-,31-,35-;/m0./s1. The minimum absolute atomic E-state index is 0.0761. The van der Waals surface area contributed by atoms with Gasteiger partial charge in [-0.05, 0) is 124 Å². The summed E-state index contributed by atoms with van der Waals surface area (Å²) in [5.74, 6) is -0.541. The lowest BCUT2D eigenvalue weighted by Gasteiger charge is -2.36. The highest BCUT2D eigenvalue weighted by Gasteiger charge is 2.36. The molecular weight excluding hydrogens is 757 g/mol. The topological polar surface area (TPSA) is 239 Å². The first-order valence-electron chi connectivity index (χ1n) is 19.8. The van der Waals surface area contributed by atoms with E-state index in [2.05, 4.69) is 43.2 Å². The number of tetrazole rings is 1. The van der Waals surface area contributed by atoms with Crippen LogP contribution in [0.4, 0.5) is 10.5 Å². The number of alkyl carbamates (subject to hydrolysis) is 1. The Morgan fingerprint density at radius 2 is 1.71 bits per heavy atom. The number of nitrogens with zero attached hydrogens (tertiary/aromatic N) is 6. The number of anilines is 1. The fourth-order valence-electron chi connectivity index (χ4n) is 7.49. The number of H-pyrrole nitrogens is 1. The zero-order chi connectivity index (χ0) is 42.7. The van der Waals surface area contributed by atoms with Crippen LogP contribution in [-0.2, 0) is 25.5 Å². The van der Waals surface area contributed by atoms with Gasteiger partial charge in [-0.25, -0.2) is 9.89 Å². The van der Waals surface area contributed by atoms with E-state index in [4.69, 9.17) is 20.4 Å². The van der Waals surface area contributed by atoms with Gasteiger partial charge in [0.25, 0.3) is 12.4 Å². The summed E-state index contributed by atoms with van der Waals surface area (Å²) >= 11 is 0. The van der Waals surface area contributed by atoms with Gasteiger partial charge < -0.3 is 31.1 Å². The number of aromatic nitrogens is 5. The summed E-state index contributed by atoms with van der Waals surface area (Å²) in [6, 6.07) is 16.0. The van der Waals surface area contributed by atoms with E-state index in [0.29, 0.717) is 49.7 Å². The number of amides is 4. The lowest BCUT2D eigenvalue weighted by molar-refractivity contribution is -0.127. The Labute approximate surface area is 343 Å². The predicted octanol–water partition coefficient (Wildman–Crippen LogP) is 4.13. The molecule has 1 saturated carbocycles. The largest absolute Gasteiger partial charge is 0.483 e. The highest BCUT2D eigenvalue weighted by Crippen LogP contribution is 2.33. The monoisotopic (exact) mass is 810 g/mol. The first kappa shape index (κ1) is 43.9. The van der Waals surface area contributed by atoms with E-state index in [1.54, 1.807) is 35.4 Å². The van der Waals surface area contributed by atoms with Gasteiger partial charge in [0, 0.05) is 67.6 Å². The molecule has 6 N–H and O–H groups in total.